The first-order valence-corrected chi connectivity index (χ1v) is 4.69. The summed E-state index contributed by atoms with van der Waals surface area (Å²) in [6, 6.07) is 7.50. The minimum Gasteiger partial charge on any atom is -0.494 e. The Labute approximate surface area is 83.9 Å². The first kappa shape index (κ1) is 10.7. The molecule has 0 unspecified atom stereocenters. The van der Waals surface area contributed by atoms with Crippen LogP contribution in [0.3, 0.4) is 0 Å². The maximum Gasteiger partial charge on any atom is 0.150 e. The second kappa shape index (κ2) is 5.40. The molecule has 1 aromatic rings. The molecule has 0 aliphatic rings. The van der Waals surface area contributed by atoms with Crippen LogP contribution in [0.4, 0.5) is 0 Å². The minimum absolute atomic E-state index is 0.0501. The van der Waals surface area contributed by atoms with Crippen molar-refractivity contribution in [1.82, 2.24) is 0 Å². The van der Waals surface area contributed by atoms with Gasteiger partial charge in [0.1, 0.15) is 5.75 Å². The maximum absolute atomic E-state index is 11.0. The second-order valence-corrected chi connectivity index (χ2v) is 3.00. The van der Waals surface area contributed by atoms with Gasteiger partial charge in [0, 0.05) is 6.42 Å². The highest BCUT2D eigenvalue weighted by Gasteiger charge is 2.00. The zero-order valence-electron chi connectivity index (χ0n) is 8.32. The molecule has 14 heavy (non-hydrogen) atoms. The average Bonchev–Trinajstić information content (AvgIpc) is 2.21. The SMILES string of the molecule is CCOc1ccc(CC(=O)CN)cc1. The van der Waals surface area contributed by atoms with Gasteiger partial charge in [-0.3, -0.25) is 4.79 Å². The Morgan fingerprint density at radius 1 is 1.36 bits per heavy atom. The zero-order chi connectivity index (χ0) is 10.4. The Kier molecular flexibility index (Phi) is 4.13. The van der Waals surface area contributed by atoms with Crippen LogP contribution in [0.5, 0.6) is 5.75 Å². The largest absolute Gasteiger partial charge is 0.494 e. The molecule has 0 bridgehead atoms. The van der Waals surface area contributed by atoms with E-state index in [1.807, 2.05) is 31.2 Å². The lowest BCUT2D eigenvalue weighted by molar-refractivity contribution is -0.117. The Balaban J connectivity index is 2.59. The van der Waals surface area contributed by atoms with E-state index in [1.54, 1.807) is 0 Å². The Morgan fingerprint density at radius 3 is 2.50 bits per heavy atom. The number of carbonyl (C=O) groups excluding carboxylic acids is 1. The van der Waals surface area contributed by atoms with Crippen LogP contribution in [0.15, 0.2) is 24.3 Å². The Morgan fingerprint density at radius 2 is 2.00 bits per heavy atom. The number of hydrogen-bond donors (Lipinski definition) is 1. The maximum atomic E-state index is 11.0. The topological polar surface area (TPSA) is 52.3 Å². The number of ketones is 1. The van der Waals surface area contributed by atoms with Crippen molar-refractivity contribution >= 4 is 5.78 Å². The number of hydrogen-bond acceptors (Lipinski definition) is 3. The molecule has 0 atom stereocenters. The monoisotopic (exact) mass is 193 g/mol. The van der Waals surface area contributed by atoms with Crippen molar-refractivity contribution in [3.05, 3.63) is 29.8 Å². The van der Waals surface area contributed by atoms with Gasteiger partial charge in [-0.15, -0.1) is 0 Å². The normalized spacial score (nSPS) is 9.86. The fourth-order valence-electron chi connectivity index (χ4n) is 1.17. The highest BCUT2D eigenvalue weighted by atomic mass is 16.5. The average molecular weight is 193 g/mol. The smallest absolute Gasteiger partial charge is 0.150 e. The molecule has 0 saturated heterocycles. The first-order valence-electron chi connectivity index (χ1n) is 4.69. The van der Waals surface area contributed by atoms with E-state index in [2.05, 4.69) is 0 Å². The van der Waals surface area contributed by atoms with Crippen molar-refractivity contribution < 1.29 is 9.53 Å². The van der Waals surface area contributed by atoms with Gasteiger partial charge >= 0.3 is 0 Å². The summed E-state index contributed by atoms with van der Waals surface area (Å²) < 4.78 is 5.28. The molecule has 3 nitrogen and oxygen atoms in total. The summed E-state index contributed by atoms with van der Waals surface area (Å²) in [7, 11) is 0. The molecule has 2 N–H and O–H groups in total. The highest BCUT2D eigenvalue weighted by molar-refractivity contribution is 5.82. The predicted molar refractivity (Wildman–Crippen MR) is 55.4 cm³/mol. The van der Waals surface area contributed by atoms with Gasteiger partial charge in [0.05, 0.1) is 13.2 Å². The van der Waals surface area contributed by atoms with E-state index in [1.165, 1.54) is 0 Å². The summed E-state index contributed by atoms with van der Waals surface area (Å²) in [6.07, 6.45) is 0.406. The molecule has 1 rings (SSSR count). The summed E-state index contributed by atoms with van der Waals surface area (Å²) in [4.78, 5) is 11.0. The van der Waals surface area contributed by atoms with Crippen molar-refractivity contribution in [3.63, 3.8) is 0 Å². The lowest BCUT2D eigenvalue weighted by atomic mass is 10.1. The van der Waals surface area contributed by atoms with Gasteiger partial charge in [0.2, 0.25) is 0 Å². The van der Waals surface area contributed by atoms with Gasteiger partial charge in [0.25, 0.3) is 0 Å². The van der Waals surface area contributed by atoms with E-state index < -0.39 is 0 Å². The molecule has 3 heteroatoms. The fraction of sp³-hybridized carbons (Fsp3) is 0.364. The molecule has 0 radical (unpaired) electrons. The number of benzene rings is 1. The summed E-state index contributed by atoms with van der Waals surface area (Å²) >= 11 is 0. The molecular formula is C11H15NO2. The Bertz CT molecular complexity index is 293. The second-order valence-electron chi connectivity index (χ2n) is 3.00. The number of carbonyl (C=O) groups is 1. The van der Waals surface area contributed by atoms with Crippen LogP contribution < -0.4 is 10.5 Å². The van der Waals surface area contributed by atoms with Gasteiger partial charge in [-0.05, 0) is 24.6 Å². The summed E-state index contributed by atoms with van der Waals surface area (Å²) in [6.45, 7) is 2.69. The van der Waals surface area contributed by atoms with Crippen molar-refractivity contribution in [1.29, 1.82) is 0 Å². The molecule has 76 valence electrons. The van der Waals surface area contributed by atoms with Crippen LogP contribution in [-0.4, -0.2) is 18.9 Å². The van der Waals surface area contributed by atoms with E-state index in [-0.39, 0.29) is 12.3 Å². The van der Waals surface area contributed by atoms with Crippen LogP contribution in [0.25, 0.3) is 0 Å². The number of ether oxygens (including phenoxy) is 1. The summed E-state index contributed by atoms with van der Waals surface area (Å²) in [5.41, 5.74) is 6.20. The summed E-state index contributed by atoms with van der Waals surface area (Å²) in [5, 5.41) is 0. The molecular weight excluding hydrogens is 178 g/mol. The third kappa shape index (κ3) is 3.18. The van der Waals surface area contributed by atoms with Crippen molar-refractivity contribution in [2.24, 2.45) is 5.73 Å². The number of rotatable bonds is 5. The molecule has 0 saturated carbocycles. The van der Waals surface area contributed by atoms with Crippen LogP contribution in [-0.2, 0) is 11.2 Å². The number of Topliss-reactive ketones (excluding diaryl/α,β-unsaturated/α-hetero) is 1. The predicted octanol–water partition coefficient (Wildman–Crippen LogP) is 1.16. The zero-order valence-corrected chi connectivity index (χ0v) is 8.32. The van der Waals surface area contributed by atoms with Gasteiger partial charge < -0.3 is 10.5 Å². The van der Waals surface area contributed by atoms with E-state index in [0.29, 0.717) is 13.0 Å². The third-order valence-corrected chi connectivity index (χ3v) is 1.86. The minimum atomic E-state index is 0.0501. The van der Waals surface area contributed by atoms with Crippen molar-refractivity contribution in [2.75, 3.05) is 13.2 Å². The summed E-state index contributed by atoms with van der Waals surface area (Å²) in [5.74, 6) is 0.880. The fourth-order valence-corrected chi connectivity index (χ4v) is 1.17. The van der Waals surface area contributed by atoms with Gasteiger partial charge in [-0.25, -0.2) is 0 Å². The van der Waals surface area contributed by atoms with Crippen LogP contribution >= 0.6 is 0 Å². The first-order chi connectivity index (χ1) is 6.76. The quantitative estimate of drug-likeness (QED) is 0.763. The van der Waals surface area contributed by atoms with E-state index in [4.69, 9.17) is 10.5 Å². The van der Waals surface area contributed by atoms with E-state index in [9.17, 15) is 4.79 Å². The third-order valence-electron chi connectivity index (χ3n) is 1.86. The van der Waals surface area contributed by atoms with Crippen LogP contribution in [0.1, 0.15) is 12.5 Å². The van der Waals surface area contributed by atoms with Crippen molar-refractivity contribution in [3.8, 4) is 5.75 Å². The van der Waals surface area contributed by atoms with Crippen molar-refractivity contribution in [2.45, 2.75) is 13.3 Å². The van der Waals surface area contributed by atoms with Crippen LogP contribution in [0.2, 0.25) is 0 Å². The lowest BCUT2D eigenvalue weighted by Gasteiger charge is -2.03. The molecule has 0 aliphatic carbocycles. The molecule has 0 spiro atoms. The standard InChI is InChI=1S/C11H15NO2/c1-2-14-11-5-3-9(4-6-11)7-10(13)8-12/h3-6H,2,7-8,12H2,1H3. The van der Waals surface area contributed by atoms with Gasteiger partial charge in [-0.2, -0.15) is 0 Å². The Hall–Kier alpha value is -1.35. The van der Waals surface area contributed by atoms with E-state index in [0.717, 1.165) is 11.3 Å². The van der Waals surface area contributed by atoms with Gasteiger partial charge in [0.15, 0.2) is 5.78 Å². The molecule has 1 aromatic carbocycles. The van der Waals surface area contributed by atoms with Crippen LogP contribution in [0, 0.1) is 0 Å². The highest BCUT2D eigenvalue weighted by Crippen LogP contribution is 2.12. The molecule has 0 aromatic heterocycles. The number of nitrogens with two attached hydrogens (primary N) is 1. The van der Waals surface area contributed by atoms with Gasteiger partial charge in [-0.1, -0.05) is 12.1 Å². The molecule has 0 aliphatic heterocycles. The molecule has 0 amide bonds. The molecule has 0 heterocycles. The lowest BCUT2D eigenvalue weighted by Crippen LogP contribution is -2.15. The molecule has 0 fully saturated rings. The van der Waals surface area contributed by atoms with E-state index >= 15 is 0 Å².